The van der Waals surface area contributed by atoms with Crippen LogP contribution in [0.25, 0.3) is 5.70 Å². The predicted molar refractivity (Wildman–Crippen MR) is 154 cm³/mol. The van der Waals surface area contributed by atoms with E-state index in [1.165, 1.54) is 12.7 Å². The number of dihydropyridines is 1. The fourth-order valence-corrected chi connectivity index (χ4v) is 5.82. The maximum Gasteiger partial charge on any atom is 0.336 e. The average molecular weight is 621 g/mol. The Hall–Kier alpha value is -3.59. The number of halogens is 1. The van der Waals surface area contributed by atoms with Gasteiger partial charge in [0.05, 0.1) is 28.6 Å². The van der Waals surface area contributed by atoms with Gasteiger partial charge in [-0.15, -0.1) is 0 Å². The summed E-state index contributed by atoms with van der Waals surface area (Å²) in [6.07, 6.45) is 0. The Bertz CT molecular complexity index is 1500. The lowest BCUT2D eigenvalue weighted by Gasteiger charge is -2.29. The number of esters is 1. The number of methoxy groups -OCH3 is 1. The number of allylic oxidation sites excluding steroid dienone is 2. The molecule has 3 aromatic carbocycles. The first-order valence-corrected chi connectivity index (χ1v) is 13.5. The number of rotatable bonds is 7. The summed E-state index contributed by atoms with van der Waals surface area (Å²) in [6.45, 7) is 6.62. The predicted octanol–water partition coefficient (Wildman–Crippen LogP) is 6.32. The smallest absolute Gasteiger partial charge is 0.336 e. The molecule has 3 aromatic rings. The first kappa shape index (κ1) is 26.0. The number of carbonyl (C=O) groups excluding carboxylic acids is 2. The number of hydrogen-bond donors (Lipinski definition) is 1. The zero-order valence-electron chi connectivity index (χ0n) is 21.7. The van der Waals surface area contributed by atoms with Gasteiger partial charge < -0.3 is 19.5 Å². The number of ether oxygens (including phenoxy) is 3. The molecule has 0 bridgehead atoms. The third kappa shape index (κ3) is 4.60. The van der Waals surface area contributed by atoms with Crippen LogP contribution in [0, 0.1) is 10.5 Å². The highest BCUT2D eigenvalue weighted by Gasteiger charge is 2.43. The summed E-state index contributed by atoms with van der Waals surface area (Å²) >= 11 is 2.23. The number of fused-ring (bicyclic) bond motifs is 2. The third-order valence-corrected chi connectivity index (χ3v) is 7.62. The summed E-state index contributed by atoms with van der Waals surface area (Å²) in [7, 11) is 1.35. The minimum Gasteiger partial charge on any atom is -0.490 e. The summed E-state index contributed by atoms with van der Waals surface area (Å²) in [4.78, 5) is 26.8. The molecule has 1 aliphatic heterocycles. The summed E-state index contributed by atoms with van der Waals surface area (Å²) in [5.41, 5.74) is 6.76. The van der Waals surface area contributed by atoms with E-state index in [0.717, 1.165) is 26.0 Å². The van der Waals surface area contributed by atoms with E-state index in [-0.39, 0.29) is 5.78 Å². The highest BCUT2D eigenvalue weighted by atomic mass is 127. The Labute approximate surface area is 235 Å². The molecule has 2 aliphatic rings. The number of aryl methyl sites for hydroxylation is 1. The van der Waals surface area contributed by atoms with Gasteiger partial charge in [0, 0.05) is 28.3 Å². The average Bonchev–Trinajstić information content (AvgIpc) is 3.19. The van der Waals surface area contributed by atoms with Crippen LogP contribution in [-0.4, -0.2) is 25.5 Å². The zero-order chi connectivity index (χ0) is 27.0. The molecule has 38 heavy (non-hydrogen) atoms. The quantitative estimate of drug-likeness (QED) is 0.246. The van der Waals surface area contributed by atoms with Gasteiger partial charge in [-0.1, -0.05) is 54.1 Å². The Morgan fingerprint density at radius 2 is 1.71 bits per heavy atom. The van der Waals surface area contributed by atoms with Crippen LogP contribution in [0.5, 0.6) is 11.5 Å². The van der Waals surface area contributed by atoms with Crippen molar-refractivity contribution in [3.05, 3.63) is 109 Å². The second-order valence-electron chi connectivity index (χ2n) is 9.29. The Morgan fingerprint density at radius 1 is 1.00 bits per heavy atom. The number of ketones is 1. The van der Waals surface area contributed by atoms with Crippen LogP contribution in [0.4, 0.5) is 0 Å². The van der Waals surface area contributed by atoms with Gasteiger partial charge in [0.2, 0.25) is 0 Å². The van der Waals surface area contributed by atoms with Crippen molar-refractivity contribution in [3.63, 3.8) is 0 Å². The molecule has 0 amide bonds. The molecule has 0 unspecified atom stereocenters. The largest absolute Gasteiger partial charge is 0.490 e. The van der Waals surface area contributed by atoms with Gasteiger partial charge in [0.1, 0.15) is 6.61 Å². The molecule has 1 heterocycles. The lowest BCUT2D eigenvalue weighted by Crippen LogP contribution is -2.29. The van der Waals surface area contributed by atoms with Crippen molar-refractivity contribution in [1.82, 2.24) is 5.32 Å². The maximum absolute atomic E-state index is 13.7. The van der Waals surface area contributed by atoms with Crippen LogP contribution >= 0.6 is 22.6 Å². The van der Waals surface area contributed by atoms with Gasteiger partial charge in [-0.25, -0.2) is 4.79 Å². The van der Waals surface area contributed by atoms with Gasteiger partial charge in [-0.3, -0.25) is 4.79 Å². The van der Waals surface area contributed by atoms with Crippen molar-refractivity contribution in [2.75, 3.05) is 13.7 Å². The molecule has 0 saturated carbocycles. The van der Waals surface area contributed by atoms with E-state index in [0.29, 0.717) is 47.1 Å². The van der Waals surface area contributed by atoms with Gasteiger partial charge in [-0.05, 0) is 66.6 Å². The summed E-state index contributed by atoms with van der Waals surface area (Å²) in [6, 6.07) is 19.5. The van der Waals surface area contributed by atoms with Crippen LogP contribution in [0.15, 0.2) is 77.5 Å². The standard InChI is InChI=1S/C31H28INO5/c1-5-37-24-15-20(14-23(32)30(24)38-16-19-12-10-17(2)11-13-19)26-25(31(35)36-4)18(3)33-28-21-8-6-7-9-22(21)29(34)27(26)28/h6-15,26,33H,5,16H2,1-4H3/t26-/m1/s1. The topological polar surface area (TPSA) is 73.9 Å². The lowest BCUT2D eigenvalue weighted by atomic mass is 9.79. The minimum atomic E-state index is -0.627. The van der Waals surface area contributed by atoms with Gasteiger partial charge in [0.15, 0.2) is 17.3 Å². The molecule has 7 heteroatoms. The number of benzene rings is 3. The molecule has 0 radical (unpaired) electrons. The number of Topliss-reactive ketones (excluding diaryl/α,β-unsaturated/α-hetero) is 1. The maximum atomic E-state index is 13.7. The molecule has 0 saturated heterocycles. The zero-order valence-corrected chi connectivity index (χ0v) is 23.8. The van der Waals surface area contributed by atoms with E-state index in [1.54, 1.807) is 0 Å². The van der Waals surface area contributed by atoms with Crippen LogP contribution in [-0.2, 0) is 16.1 Å². The van der Waals surface area contributed by atoms with E-state index in [9.17, 15) is 9.59 Å². The van der Waals surface area contributed by atoms with Gasteiger partial charge in [0.25, 0.3) is 0 Å². The second kappa shape index (κ2) is 10.6. The van der Waals surface area contributed by atoms with Crippen molar-refractivity contribution in [2.24, 2.45) is 0 Å². The summed E-state index contributed by atoms with van der Waals surface area (Å²) in [5, 5.41) is 3.32. The van der Waals surface area contributed by atoms with Crippen molar-refractivity contribution in [1.29, 1.82) is 0 Å². The highest BCUT2D eigenvalue weighted by molar-refractivity contribution is 14.1. The van der Waals surface area contributed by atoms with Crippen molar-refractivity contribution in [2.45, 2.75) is 33.3 Å². The highest BCUT2D eigenvalue weighted by Crippen LogP contribution is 2.48. The fraction of sp³-hybridized carbons (Fsp3) is 0.226. The molecule has 0 aromatic heterocycles. The van der Waals surface area contributed by atoms with E-state index in [4.69, 9.17) is 14.2 Å². The summed E-state index contributed by atoms with van der Waals surface area (Å²) in [5.74, 6) is -0.0246. The Balaban J connectivity index is 1.61. The SMILES string of the molecule is CCOc1cc([C@@H]2C(C(=O)OC)=C(C)NC3=C2C(=O)c2ccccc23)cc(I)c1OCc1ccc(C)cc1. The number of hydrogen-bond acceptors (Lipinski definition) is 6. The monoisotopic (exact) mass is 621 g/mol. The number of nitrogens with one attached hydrogen (secondary N) is 1. The van der Waals surface area contributed by atoms with Crippen molar-refractivity contribution < 1.29 is 23.8 Å². The van der Waals surface area contributed by atoms with Gasteiger partial charge >= 0.3 is 5.97 Å². The Kier molecular flexibility index (Phi) is 7.29. The molecule has 0 fully saturated rings. The first-order valence-electron chi connectivity index (χ1n) is 12.4. The van der Waals surface area contributed by atoms with Gasteiger partial charge in [-0.2, -0.15) is 0 Å². The molecule has 6 nitrogen and oxygen atoms in total. The summed E-state index contributed by atoms with van der Waals surface area (Å²) < 4.78 is 18.3. The van der Waals surface area contributed by atoms with E-state index < -0.39 is 11.9 Å². The van der Waals surface area contributed by atoms with Crippen LogP contribution < -0.4 is 14.8 Å². The van der Waals surface area contributed by atoms with Crippen LogP contribution in [0.3, 0.4) is 0 Å². The molecule has 194 valence electrons. The van der Waals surface area contributed by atoms with E-state index in [2.05, 4.69) is 40.0 Å². The van der Waals surface area contributed by atoms with E-state index >= 15 is 0 Å². The lowest BCUT2D eigenvalue weighted by molar-refractivity contribution is -0.136. The molecular formula is C31H28INO5. The fourth-order valence-electron chi connectivity index (χ4n) is 5.04. The second-order valence-corrected chi connectivity index (χ2v) is 10.5. The minimum absolute atomic E-state index is 0.102. The van der Waals surface area contributed by atoms with E-state index in [1.807, 2.05) is 69.3 Å². The molecule has 1 aliphatic carbocycles. The molecule has 5 rings (SSSR count). The molecule has 1 N–H and O–H groups in total. The molecule has 0 spiro atoms. The normalized spacial score (nSPS) is 16.1. The molecule has 1 atom stereocenters. The Morgan fingerprint density at radius 3 is 2.39 bits per heavy atom. The van der Waals surface area contributed by atoms with Crippen molar-refractivity contribution >= 4 is 40.0 Å². The van der Waals surface area contributed by atoms with Crippen LogP contribution in [0.1, 0.15) is 52.4 Å². The third-order valence-electron chi connectivity index (χ3n) is 6.82. The first-order chi connectivity index (χ1) is 18.3. The number of carbonyl (C=O) groups is 2. The molecular weight excluding hydrogens is 593 g/mol. The van der Waals surface area contributed by atoms with Crippen LogP contribution in [0.2, 0.25) is 0 Å². The van der Waals surface area contributed by atoms with Crippen molar-refractivity contribution in [3.8, 4) is 11.5 Å².